The lowest BCUT2D eigenvalue weighted by atomic mass is 10.1. The van der Waals surface area contributed by atoms with Crippen LogP contribution in [0.2, 0.25) is 0 Å². The zero-order chi connectivity index (χ0) is 21.8. The topological polar surface area (TPSA) is 143 Å². The standard InChI is InChI=1S/C21H26N4O5/c22-13-15-8-10-17(11-9-15)19(26)25-24-18(20(27)28)7-4-12-23-21(29)30-14-16-5-2-1-3-6-16/h1-3,5-6,8-11,18,24H,4,7,12-14,22H2,(H,23,29)(H,25,26)(H,27,28)/t18-/m0/s1. The number of ether oxygens (including phenoxy) is 1. The van der Waals surface area contributed by atoms with E-state index in [9.17, 15) is 19.5 Å². The monoisotopic (exact) mass is 414 g/mol. The Labute approximate surface area is 174 Å². The van der Waals surface area contributed by atoms with Gasteiger partial charge in [0.25, 0.3) is 5.91 Å². The molecule has 0 aliphatic heterocycles. The maximum absolute atomic E-state index is 12.1. The molecule has 2 amide bonds. The van der Waals surface area contributed by atoms with Gasteiger partial charge in [-0.2, -0.15) is 0 Å². The minimum Gasteiger partial charge on any atom is -0.480 e. The summed E-state index contributed by atoms with van der Waals surface area (Å²) in [5.74, 6) is -1.56. The van der Waals surface area contributed by atoms with E-state index in [1.807, 2.05) is 30.3 Å². The normalized spacial score (nSPS) is 11.4. The Kier molecular flexibility index (Phi) is 9.29. The van der Waals surface area contributed by atoms with E-state index in [2.05, 4.69) is 16.2 Å². The van der Waals surface area contributed by atoms with Gasteiger partial charge in [0.15, 0.2) is 0 Å². The van der Waals surface area contributed by atoms with Crippen molar-refractivity contribution in [3.8, 4) is 0 Å². The van der Waals surface area contributed by atoms with Crippen molar-refractivity contribution in [1.29, 1.82) is 0 Å². The van der Waals surface area contributed by atoms with Crippen LogP contribution in [0.5, 0.6) is 0 Å². The average molecular weight is 414 g/mol. The number of aliphatic carboxylic acids is 1. The van der Waals surface area contributed by atoms with E-state index in [0.717, 1.165) is 11.1 Å². The van der Waals surface area contributed by atoms with Gasteiger partial charge in [-0.25, -0.2) is 10.2 Å². The van der Waals surface area contributed by atoms with E-state index in [-0.39, 0.29) is 19.6 Å². The summed E-state index contributed by atoms with van der Waals surface area (Å²) < 4.78 is 5.08. The van der Waals surface area contributed by atoms with Gasteiger partial charge in [-0.1, -0.05) is 42.5 Å². The molecule has 0 spiro atoms. The zero-order valence-corrected chi connectivity index (χ0v) is 16.5. The molecule has 30 heavy (non-hydrogen) atoms. The van der Waals surface area contributed by atoms with E-state index in [1.165, 1.54) is 0 Å². The fourth-order valence-corrected chi connectivity index (χ4v) is 2.55. The smallest absolute Gasteiger partial charge is 0.407 e. The Morgan fingerprint density at radius 3 is 2.33 bits per heavy atom. The Balaban J connectivity index is 1.67. The number of hydrogen-bond acceptors (Lipinski definition) is 6. The molecule has 0 aliphatic rings. The van der Waals surface area contributed by atoms with E-state index in [4.69, 9.17) is 10.5 Å². The number of nitrogens with two attached hydrogens (primary N) is 1. The maximum atomic E-state index is 12.1. The van der Waals surface area contributed by atoms with Gasteiger partial charge in [0, 0.05) is 18.7 Å². The predicted molar refractivity (Wildman–Crippen MR) is 110 cm³/mol. The quantitative estimate of drug-likeness (QED) is 0.277. The second kappa shape index (κ2) is 12.2. The number of carbonyl (C=O) groups is 3. The molecular weight excluding hydrogens is 388 g/mol. The molecule has 9 heteroatoms. The lowest BCUT2D eigenvalue weighted by molar-refractivity contribution is -0.139. The molecule has 0 bridgehead atoms. The van der Waals surface area contributed by atoms with Crippen molar-refractivity contribution in [2.24, 2.45) is 5.73 Å². The molecular formula is C21H26N4O5. The van der Waals surface area contributed by atoms with Crippen molar-refractivity contribution in [2.45, 2.75) is 32.0 Å². The van der Waals surface area contributed by atoms with Gasteiger partial charge in [0.2, 0.25) is 0 Å². The maximum Gasteiger partial charge on any atom is 0.407 e. The van der Waals surface area contributed by atoms with Crippen LogP contribution in [0, 0.1) is 0 Å². The largest absolute Gasteiger partial charge is 0.480 e. The average Bonchev–Trinajstić information content (AvgIpc) is 2.77. The summed E-state index contributed by atoms with van der Waals surface area (Å²) in [6, 6.07) is 14.9. The highest BCUT2D eigenvalue weighted by atomic mass is 16.5. The number of benzene rings is 2. The molecule has 160 valence electrons. The number of rotatable bonds is 11. The summed E-state index contributed by atoms with van der Waals surface area (Å²) >= 11 is 0. The summed E-state index contributed by atoms with van der Waals surface area (Å²) in [6.07, 6.45) is -0.000447. The number of carbonyl (C=O) groups excluding carboxylic acids is 2. The van der Waals surface area contributed by atoms with Gasteiger partial charge in [0.1, 0.15) is 12.6 Å². The van der Waals surface area contributed by atoms with Crippen LogP contribution in [0.1, 0.15) is 34.3 Å². The number of amides is 2. The molecule has 6 N–H and O–H groups in total. The van der Waals surface area contributed by atoms with Crippen molar-refractivity contribution in [1.82, 2.24) is 16.2 Å². The predicted octanol–water partition coefficient (Wildman–Crippen LogP) is 1.54. The number of hydrogen-bond donors (Lipinski definition) is 5. The molecule has 0 aromatic heterocycles. The van der Waals surface area contributed by atoms with Gasteiger partial charge in [-0.15, -0.1) is 0 Å². The van der Waals surface area contributed by atoms with Crippen LogP contribution in [-0.2, 0) is 22.7 Å². The summed E-state index contributed by atoms with van der Waals surface area (Å²) in [4.78, 5) is 35.2. The molecule has 1 atom stereocenters. The van der Waals surface area contributed by atoms with Crippen molar-refractivity contribution in [3.05, 3.63) is 71.3 Å². The second-order valence-electron chi connectivity index (χ2n) is 6.52. The van der Waals surface area contributed by atoms with Crippen molar-refractivity contribution in [3.63, 3.8) is 0 Å². The van der Waals surface area contributed by atoms with Crippen LogP contribution in [0.3, 0.4) is 0 Å². The first kappa shape index (κ1) is 22.9. The van der Waals surface area contributed by atoms with Gasteiger partial charge < -0.3 is 20.9 Å². The molecule has 0 radical (unpaired) electrons. The Hall–Kier alpha value is -3.43. The molecule has 2 aromatic carbocycles. The van der Waals surface area contributed by atoms with Crippen LogP contribution < -0.4 is 21.9 Å². The van der Waals surface area contributed by atoms with E-state index in [1.54, 1.807) is 24.3 Å². The van der Waals surface area contributed by atoms with Gasteiger partial charge in [-0.05, 0) is 36.1 Å². The zero-order valence-electron chi connectivity index (χ0n) is 16.5. The minimum atomic E-state index is -1.11. The van der Waals surface area contributed by atoms with Gasteiger partial charge in [0.05, 0.1) is 0 Å². The van der Waals surface area contributed by atoms with Gasteiger partial charge >= 0.3 is 12.1 Å². The molecule has 2 aromatic rings. The van der Waals surface area contributed by atoms with Crippen LogP contribution >= 0.6 is 0 Å². The summed E-state index contributed by atoms with van der Waals surface area (Å²) in [5.41, 5.74) is 12.6. The first-order chi connectivity index (χ1) is 14.5. The van der Waals surface area contributed by atoms with Crippen LogP contribution in [0.15, 0.2) is 54.6 Å². The Morgan fingerprint density at radius 1 is 1.00 bits per heavy atom. The van der Waals surface area contributed by atoms with Crippen molar-refractivity contribution >= 4 is 18.0 Å². The van der Waals surface area contributed by atoms with Crippen molar-refractivity contribution in [2.75, 3.05) is 6.54 Å². The molecule has 9 nitrogen and oxygen atoms in total. The minimum absolute atomic E-state index is 0.157. The third-order valence-corrected chi connectivity index (χ3v) is 4.26. The van der Waals surface area contributed by atoms with Crippen molar-refractivity contribution < 1.29 is 24.2 Å². The number of alkyl carbamates (subject to hydrolysis) is 1. The molecule has 0 unspecified atom stereocenters. The third kappa shape index (κ3) is 7.90. The van der Waals surface area contributed by atoms with Gasteiger partial charge in [-0.3, -0.25) is 15.0 Å². The van der Waals surface area contributed by atoms with E-state index in [0.29, 0.717) is 18.5 Å². The SMILES string of the molecule is NCc1ccc(C(=O)NN[C@@H](CCCNC(=O)OCc2ccccc2)C(=O)O)cc1. The summed E-state index contributed by atoms with van der Waals surface area (Å²) in [5, 5.41) is 11.9. The second-order valence-corrected chi connectivity index (χ2v) is 6.52. The highest BCUT2D eigenvalue weighted by Gasteiger charge is 2.18. The number of nitrogens with one attached hydrogen (secondary N) is 3. The number of hydrazine groups is 1. The number of carboxylic acids is 1. The lowest BCUT2D eigenvalue weighted by Crippen LogP contribution is -2.48. The summed E-state index contributed by atoms with van der Waals surface area (Å²) in [7, 11) is 0. The first-order valence-corrected chi connectivity index (χ1v) is 9.52. The Morgan fingerprint density at radius 2 is 1.70 bits per heavy atom. The fourth-order valence-electron chi connectivity index (χ4n) is 2.55. The summed E-state index contributed by atoms with van der Waals surface area (Å²) in [6.45, 7) is 0.771. The fraction of sp³-hybridized carbons (Fsp3) is 0.286. The molecule has 2 rings (SSSR count). The van der Waals surface area contributed by atoms with E-state index >= 15 is 0 Å². The highest BCUT2D eigenvalue weighted by Crippen LogP contribution is 2.04. The van der Waals surface area contributed by atoms with Crippen LogP contribution in [-0.4, -0.2) is 35.7 Å². The van der Waals surface area contributed by atoms with Crippen LogP contribution in [0.4, 0.5) is 4.79 Å². The highest BCUT2D eigenvalue weighted by molar-refractivity contribution is 5.94. The molecule has 0 heterocycles. The number of carboxylic acid groups (broad SMARTS) is 1. The van der Waals surface area contributed by atoms with E-state index < -0.39 is 24.0 Å². The molecule has 0 saturated heterocycles. The first-order valence-electron chi connectivity index (χ1n) is 9.52. The molecule has 0 fully saturated rings. The van der Waals surface area contributed by atoms with Crippen LogP contribution in [0.25, 0.3) is 0 Å². The molecule has 0 aliphatic carbocycles. The molecule has 0 saturated carbocycles. The third-order valence-electron chi connectivity index (χ3n) is 4.26. The Bertz CT molecular complexity index is 827. The lowest BCUT2D eigenvalue weighted by Gasteiger charge is -2.15.